The Morgan fingerprint density at radius 1 is 1.00 bits per heavy atom. The average molecular weight is 474 g/mol. The van der Waals surface area contributed by atoms with E-state index in [9.17, 15) is 14.0 Å². The summed E-state index contributed by atoms with van der Waals surface area (Å²) in [5.41, 5.74) is 2.48. The van der Waals surface area contributed by atoms with Crippen molar-refractivity contribution >= 4 is 17.6 Å². The van der Waals surface area contributed by atoms with Crippen molar-refractivity contribution in [1.29, 1.82) is 0 Å². The van der Waals surface area contributed by atoms with Crippen molar-refractivity contribution in [3.63, 3.8) is 0 Å². The summed E-state index contributed by atoms with van der Waals surface area (Å²) in [5, 5.41) is 7.24. The number of nitrogens with one attached hydrogen (secondary N) is 1. The maximum absolute atomic E-state index is 13.5. The number of ether oxygens (including phenoxy) is 2. The molecule has 0 aliphatic heterocycles. The van der Waals surface area contributed by atoms with Crippen LogP contribution in [0, 0.1) is 5.82 Å². The maximum Gasteiger partial charge on any atom is 0.358 e. The molecule has 0 spiro atoms. The first-order valence-electron chi connectivity index (χ1n) is 11.1. The first-order valence-corrected chi connectivity index (χ1v) is 11.1. The molecule has 1 heterocycles. The van der Waals surface area contributed by atoms with E-state index in [4.69, 9.17) is 9.47 Å². The van der Waals surface area contributed by atoms with Gasteiger partial charge in [-0.1, -0.05) is 30.3 Å². The first kappa shape index (κ1) is 23.7. The molecule has 0 radical (unpaired) electrons. The van der Waals surface area contributed by atoms with Crippen LogP contribution < -0.4 is 10.1 Å². The van der Waals surface area contributed by atoms with Gasteiger partial charge >= 0.3 is 5.97 Å². The monoisotopic (exact) mass is 473 g/mol. The Labute approximate surface area is 202 Å². The third-order valence-electron chi connectivity index (χ3n) is 5.12. The summed E-state index contributed by atoms with van der Waals surface area (Å²) in [7, 11) is 0. The van der Waals surface area contributed by atoms with E-state index in [1.165, 1.54) is 16.8 Å². The van der Waals surface area contributed by atoms with E-state index in [1.807, 2.05) is 24.3 Å². The van der Waals surface area contributed by atoms with Gasteiger partial charge in [0.15, 0.2) is 11.8 Å². The number of benzene rings is 3. The van der Waals surface area contributed by atoms with Crippen molar-refractivity contribution < 1.29 is 23.5 Å². The van der Waals surface area contributed by atoms with Gasteiger partial charge in [0.2, 0.25) is 0 Å². The topological polar surface area (TPSA) is 82.5 Å². The zero-order valence-electron chi connectivity index (χ0n) is 19.3. The molecular formula is C27H24FN3O4. The second-order valence-corrected chi connectivity index (χ2v) is 7.67. The van der Waals surface area contributed by atoms with E-state index >= 15 is 0 Å². The van der Waals surface area contributed by atoms with Crippen molar-refractivity contribution in [1.82, 2.24) is 9.78 Å². The minimum Gasteiger partial charge on any atom is -0.481 e. The quantitative estimate of drug-likeness (QED) is 0.353. The van der Waals surface area contributed by atoms with E-state index < -0.39 is 12.1 Å². The number of nitrogens with zero attached hydrogens (tertiary/aromatic N) is 2. The lowest BCUT2D eigenvalue weighted by Crippen LogP contribution is -2.30. The molecule has 4 aromatic rings. The van der Waals surface area contributed by atoms with Gasteiger partial charge in [0.1, 0.15) is 11.6 Å². The minimum absolute atomic E-state index is 0.116. The highest BCUT2D eigenvalue weighted by Crippen LogP contribution is 2.27. The highest BCUT2D eigenvalue weighted by atomic mass is 19.1. The summed E-state index contributed by atoms with van der Waals surface area (Å²) in [6, 6.07) is 23.6. The molecule has 1 amide bonds. The lowest BCUT2D eigenvalue weighted by Gasteiger charge is -2.15. The van der Waals surface area contributed by atoms with Crippen molar-refractivity contribution in [3.8, 4) is 22.7 Å². The molecule has 1 aromatic heterocycles. The Morgan fingerprint density at radius 3 is 2.46 bits per heavy atom. The normalized spacial score (nSPS) is 11.5. The Balaban J connectivity index is 1.61. The maximum atomic E-state index is 13.5. The predicted octanol–water partition coefficient (Wildman–Crippen LogP) is 5.26. The fourth-order valence-electron chi connectivity index (χ4n) is 3.43. The van der Waals surface area contributed by atoms with Crippen molar-refractivity contribution in [3.05, 3.63) is 96.4 Å². The summed E-state index contributed by atoms with van der Waals surface area (Å²) >= 11 is 0. The molecule has 0 aliphatic carbocycles. The number of para-hydroxylation sites is 1. The van der Waals surface area contributed by atoms with Gasteiger partial charge < -0.3 is 14.8 Å². The third kappa shape index (κ3) is 5.73. The number of amides is 1. The number of esters is 1. The molecule has 1 atom stereocenters. The van der Waals surface area contributed by atoms with Gasteiger partial charge in [-0.2, -0.15) is 5.10 Å². The highest BCUT2D eigenvalue weighted by Gasteiger charge is 2.19. The summed E-state index contributed by atoms with van der Waals surface area (Å²) in [6.45, 7) is 3.59. The van der Waals surface area contributed by atoms with Crippen LogP contribution in [0.1, 0.15) is 24.3 Å². The molecule has 0 aliphatic rings. The summed E-state index contributed by atoms with van der Waals surface area (Å²) in [5.74, 6) is -0.667. The largest absolute Gasteiger partial charge is 0.481 e. The zero-order chi connectivity index (χ0) is 24.8. The molecule has 7 nitrogen and oxygen atoms in total. The minimum atomic E-state index is -0.721. The summed E-state index contributed by atoms with van der Waals surface area (Å²) < 4.78 is 25.8. The fourth-order valence-corrected chi connectivity index (χ4v) is 3.43. The van der Waals surface area contributed by atoms with Gasteiger partial charge in [0.25, 0.3) is 5.91 Å². The van der Waals surface area contributed by atoms with Crippen LogP contribution in [0.2, 0.25) is 0 Å². The SMILES string of the molecule is CCOC(=O)c1cc(-c2cccc(NC(=O)[C@H](C)Oc3ccccc3)c2)n(-c2ccc(F)cc2)n1. The van der Waals surface area contributed by atoms with Crippen molar-refractivity contribution in [2.24, 2.45) is 0 Å². The van der Waals surface area contributed by atoms with E-state index in [0.29, 0.717) is 28.4 Å². The lowest BCUT2D eigenvalue weighted by atomic mass is 10.1. The van der Waals surface area contributed by atoms with Crippen LogP contribution >= 0.6 is 0 Å². The number of aromatic nitrogens is 2. The molecule has 0 saturated carbocycles. The van der Waals surface area contributed by atoms with Crippen molar-refractivity contribution in [2.45, 2.75) is 20.0 Å². The van der Waals surface area contributed by atoms with Gasteiger partial charge in [0, 0.05) is 11.3 Å². The van der Waals surface area contributed by atoms with Gasteiger partial charge in [-0.05, 0) is 68.4 Å². The Morgan fingerprint density at radius 2 is 1.74 bits per heavy atom. The lowest BCUT2D eigenvalue weighted by molar-refractivity contribution is -0.122. The van der Waals surface area contributed by atoms with Gasteiger partial charge in [-0.3, -0.25) is 4.79 Å². The number of carbonyl (C=O) groups excluding carboxylic acids is 2. The highest BCUT2D eigenvalue weighted by molar-refractivity contribution is 5.95. The van der Waals surface area contributed by atoms with Crippen LogP contribution in [0.4, 0.5) is 10.1 Å². The van der Waals surface area contributed by atoms with Gasteiger partial charge in [-0.15, -0.1) is 0 Å². The molecule has 0 unspecified atom stereocenters. The standard InChI is InChI=1S/C27H24FN3O4/c1-3-34-27(33)24-17-25(31(30-24)22-14-12-20(28)13-15-22)19-8-7-9-21(16-19)29-26(32)18(2)35-23-10-5-4-6-11-23/h4-18H,3H2,1-2H3,(H,29,32)/t18-/m0/s1. The molecule has 8 heteroatoms. The number of hydrogen-bond donors (Lipinski definition) is 1. The van der Waals surface area contributed by atoms with Crippen LogP contribution in [0.25, 0.3) is 16.9 Å². The van der Waals surface area contributed by atoms with Crippen LogP contribution in [0.15, 0.2) is 84.9 Å². The third-order valence-corrected chi connectivity index (χ3v) is 5.12. The number of carbonyl (C=O) groups is 2. The molecule has 1 N–H and O–H groups in total. The Hall–Kier alpha value is -4.46. The summed E-state index contributed by atoms with van der Waals surface area (Å²) in [6.07, 6.45) is -0.721. The first-order chi connectivity index (χ1) is 16.9. The fraction of sp³-hybridized carbons (Fsp3) is 0.148. The molecule has 0 bridgehead atoms. The molecule has 0 fully saturated rings. The summed E-state index contributed by atoms with van der Waals surface area (Å²) in [4.78, 5) is 25.0. The molecule has 35 heavy (non-hydrogen) atoms. The Bertz CT molecular complexity index is 1320. The molecule has 0 saturated heterocycles. The van der Waals surface area contributed by atoms with Gasteiger partial charge in [-0.25, -0.2) is 13.9 Å². The van der Waals surface area contributed by atoms with E-state index in [0.717, 1.165) is 0 Å². The van der Waals surface area contributed by atoms with Crippen LogP contribution in [0.3, 0.4) is 0 Å². The van der Waals surface area contributed by atoms with Crippen LogP contribution in [-0.2, 0) is 9.53 Å². The number of anilines is 1. The van der Waals surface area contributed by atoms with Gasteiger partial charge in [0.05, 0.1) is 18.0 Å². The second-order valence-electron chi connectivity index (χ2n) is 7.67. The molecular weight excluding hydrogens is 449 g/mol. The Kier molecular flexibility index (Phi) is 7.21. The average Bonchev–Trinajstić information content (AvgIpc) is 3.31. The molecule has 3 aromatic carbocycles. The second kappa shape index (κ2) is 10.6. The smallest absolute Gasteiger partial charge is 0.358 e. The van der Waals surface area contributed by atoms with Crippen LogP contribution in [-0.4, -0.2) is 34.4 Å². The molecule has 178 valence electrons. The zero-order valence-corrected chi connectivity index (χ0v) is 19.3. The van der Waals surface area contributed by atoms with E-state index in [2.05, 4.69) is 10.4 Å². The van der Waals surface area contributed by atoms with E-state index in [1.54, 1.807) is 62.4 Å². The molecule has 4 rings (SSSR count). The van der Waals surface area contributed by atoms with E-state index in [-0.39, 0.29) is 24.0 Å². The predicted molar refractivity (Wildman–Crippen MR) is 130 cm³/mol. The number of rotatable bonds is 8. The number of hydrogen-bond acceptors (Lipinski definition) is 5. The van der Waals surface area contributed by atoms with Crippen LogP contribution in [0.5, 0.6) is 5.75 Å². The van der Waals surface area contributed by atoms with Crippen molar-refractivity contribution in [2.75, 3.05) is 11.9 Å². The number of halogens is 1.